The summed E-state index contributed by atoms with van der Waals surface area (Å²) in [5.74, 6) is 0. The summed E-state index contributed by atoms with van der Waals surface area (Å²) in [7, 11) is -2.09. The zero-order valence-electron chi connectivity index (χ0n) is 7.73. The summed E-state index contributed by atoms with van der Waals surface area (Å²) in [6.45, 7) is 0.496. The average molecular weight is 216 g/mol. The maximum Gasteiger partial charge on any atom is 0.296 e. The van der Waals surface area contributed by atoms with E-state index in [0.29, 0.717) is 12.3 Å². The van der Waals surface area contributed by atoms with E-state index in [0.717, 1.165) is 5.56 Å². The van der Waals surface area contributed by atoms with Crippen molar-refractivity contribution in [3.63, 3.8) is 0 Å². The number of methoxy groups -OCH3 is 1. The van der Waals surface area contributed by atoms with Crippen LogP contribution in [0.5, 0.6) is 0 Å². The maximum atomic E-state index is 10.7. The summed E-state index contributed by atoms with van der Waals surface area (Å²) < 4.78 is 28.4. The Morgan fingerprint density at radius 2 is 1.93 bits per heavy atom. The third-order valence-electron chi connectivity index (χ3n) is 1.53. The first kappa shape index (κ1) is 11.0. The van der Waals surface area contributed by atoms with Gasteiger partial charge in [-0.25, -0.2) is 5.14 Å². The van der Waals surface area contributed by atoms with Crippen LogP contribution in [0, 0.1) is 0 Å². The van der Waals surface area contributed by atoms with Crippen molar-refractivity contribution in [3.8, 4) is 0 Å². The number of anilines is 1. The second kappa shape index (κ2) is 4.41. The zero-order valence-corrected chi connectivity index (χ0v) is 8.54. The molecule has 1 aromatic rings. The van der Waals surface area contributed by atoms with Crippen LogP contribution in [0.3, 0.4) is 0 Å². The molecule has 0 atom stereocenters. The van der Waals surface area contributed by atoms with Gasteiger partial charge in [-0.15, -0.1) is 0 Å². The van der Waals surface area contributed by atoms with Crippen LogP contribution in [0.15, 0.2) is 24.3 Å². The minimum atomic E-state index is -3.68. The fourth-order valence-corrected chi connectivity index (χ4v) is 1.46. The van der Waals surface area contributed by atoms with Crippen molar-refractivity contribution in [1.29, 1.82) is 0 Å². The van der Waals surface area contributed by atoms with Crippen LogP contribution < -0.4 is 9.86 Å². The van der Waals surface area contributed by atoms with Crippen LogP contribution >= 0.6 is 0 Å². The molecule has 1 aromatic carbocycles. The molecule has 0 aromatic heterocycles. The predicted molar refractivity (Wildman–Crippen MR) is 53.9 cm³/mol. The summed E-state index contributed by atoms with van der Waals surface area (Å²) in [4.78, 5) is 0. The smallest absolute Gasteiger partial charge is 0.296 e. The van der Waals surface area contributed by atoms with Crippen molar-refractivity contribution in [2.45, 2.75) is 6.61 Å². The number of hydrogen-bond donors (Lipinski definition) is 2. The van der Waals surface area contributed by atoms with Gasteiger partial charge >= 0.3 is 0 Å². The molecule has 6 heteroatoms. The molecule has 5 nitrogen and oxygen atoms in total. The van der Waals surface area contributed by atoms with Crippen molar-refractivity contribution >= 4 is 15.9 Å². The van der Waals surface area contributed by atoms with Gasteiger partial charge in [-0.3, -0.25) is 4.72 Å². The number of benzene rings is 1. The summed E-state index contributed by atoms with van der Waals surface area (Å²) >= 11 is 0. The lowest BCUT2D eigenvalue weighted by Crippen LogP contribution is -2.21. The van der Waals surface area contributed by atoms with Crippen LogP contribution in [0.25, 0.3) is 0 Å². The molecule has 78 valence electrons. The fourth-order valence-electron chi connectivity index (χ4n) is 1.000. The van der Waals surface area contributed by atoms with Gasteiger partial charge in [-0.2, -0.15) is 8.42 Å². The molecule has 0 heterocycles. The molecule has 0 amide bonds. The summed E-state index contributed by atoms with van der Waals surface area (Å²) in [5.41, 5.74) is 1.40. The minimum absolute atomic E-state index is 0.437. The van der Waals surface area contributed by atoms with E-state index < -0.39 is 10.2 Å². The third-order valence-corrected chi connectivity index (χ3v) is 2.05. The Labute approximate surface area is 83.1 Å². The van der Waals surface area contributed by atoms with Crippen LogP contribution in [0.1, 0.15) is 5.56 Å². The summed E-state index contributed by atoms with van der Waals surface area (Å²) in [6, 6.07) is 6.77. The lowest BCUT2D eigenvalue weighted by Gasteiger charge is -2.04. The fraction of sp³-hybridized carbons (Fsp3) is 0.250. The second-order valence-electron chi connectivity index (χ2n) is 2.78. The van der Waals surface area contributed by atoms with Crippen molar-refractivity contribution in [1.82, 2.24) is 0 Å². The molecule has 0 aliphatic carbocycles. The van der Waals surface area contributed by atoms with E-state index in [1.165, 1.54) is 0 Å². The molecule has 0 saturated carbocycles. The largest absolute Gasteiger partial charge is 0.380 e. The average Bonchev–Trinajstić information content (AvgIpc) is 2.06. The van der Waals surface area contributed by atoms with E-state index in [2.05, 4.69) is 4.72 Å². The van der Waals surface area contributed by atoms with Gasteiger partial charge in [0.25, 0.3) is 10.2 Å². The molecule has 1 rings (SSSR count). The Hall–Kier alpha value is -1.11. The number of hydrogen-bond acceptors (Lipinski definition) is 3. The van der Waals surface area contributed by atoms with Gasteiger partial charge in [0.2, 0.25) is 0 Å². The highest BCUT2D eigenvalue weighted by Gasteiger charge is 2.01. The molecule has 3 N–H and O–H groups in total. The normalized spacial score (nSPS) is 11.3. The van der Waals surface area contributed by atoms with Crippen LogP contribution in [-0.4, -0.2) is 15.5 Å². The highest BCUT2D eigenvalue weighted by atomic mass is 32.2. The second-order valence-corrected chi connectivity index (χ2v) is 4.07. The third kappa shape index (κ3) is 3.73. The molecule has 0 fully saturated rings. The van der Waals surface area contributed by atoms with Crippen molar-refractivity contribution in [3.05, 3.63) is 29.8 Å². The van der Waals surface area contributed by atoms with E-state index in [9.17, 15) is 8.42 Å². The highest BCUT2D eigenvalue weighted by Crippen LogP contribution is 2.10. The topological polar surface area (TPSA) is 81.4 Å². The van der Waals surface area contributed by atoms with Gasteiger partial charge in [0.15, 0.2) is 0 Å². The Morgan fingerprint density at radius 3 is 2.36 bits per heavy atom. The first-order valence-electron chi connectivity index (χ1n) is 3.90. The van der Waals surface area contributed by atoms with Gasteiger partial charge in [-0.1, -0.05) is 12.1 Å². The SMILES string of the molecule is COCc1ccc(NS(N)(=O)=O)cc1. The van der Waals surface area contributed by atoms with E-state index in [4.69, 9.17) is 9.88 Å². The Balaban J connectivity index is 2.74. The summed E-state index contributed by atoms with van der Waals surface area (Å²) in [5, 5.41) is 4.80. The van der Waals surface area contributed by atoms with Crippen molar-refractivity contribution < 1.29 is 13.2 Å². The monoisotopic (exact) mass is 216 g/mol. The number of ether oxygens (including phenoxy) is 1. The molecular formula is C8H12N2O3S. The van der Waals surface area contributed by atoms with Gasteiger partial charge in [0.1, 0.15) is 0 Å². The predicted octanol–water partition coefficient (Wildman–Crippen LogP) is 0.448. The molecule has 0 unspecified atom stereocenters. The van der Waals surface area contributed by atoms with Crippen molar-refractivity contribution in [2.24, 2.45) is 5.14 Å². The molecule has 0 saturated heterocycles. The standard InChI is InChI=1S/C8H12N2O3S/c1-13-6-7-2-4-8(5-3-7)10-14(9,11)12/h2-5,10H,6H2,1H3,(H2,9,11,12). The Morgan fingerprint density at radius 1 is 1.36 bits per heavy atom. The highest BCUT2D eigenvalue weighted by molar-refractivity contribution is 7.90. The maximum absolute atomic E-state index is 10.7. The lowest BCUT2D eigenvalue weighted by atomic mass is 10.2. The number of nitrogens with two attached hydrogens (primary N) is 1. The van der Waals surface area contributed by atoms with E-state index in [1.807, 2.05) is 0 Å². The molecule has 0 aliphatic heterocycles. The quantitative estimate of drug-likeness (QED) is 0.766. The van der Waals surface area contributed by atoms with E-state index in [1.54, 1.807) is 31.4 Å². The van der Waals surface area contributed by atoms with Crippen LogP contribution in [0.4, 0.5) is 5.69 Å². The van der Waals surface area contributed by atoms with Gasteiger partial charge in [0, 0.05) is 12.8 Å². The number of rotatable bonds is 4. The van der Waals surface area contributed by atoms with E-state index in [-0.39, 0.29) is 0 Å². The van der Waals surface area contributed by atoms with Crippen molar-refractivity contribution in [2.75, 3.05) is 11.8 Å². The molecule has 0 aliphatic rings. The molecule has 0 radical (unpaired) electrons. The number of nitrogens with one attached hydrogen (secondary N) is 1. The Kier molecular flexibility index (Phi) is 3.45. The van der Waals surface area contributed by atoms with Crippen LogP contribution in [-0.2, 0) is 21.6 Å². The van der Waals surface area contributed by atoms with E-state index >= 15 is 0 Å². The molecular weight excluding hydrogens is 204 g/mol. The molecule has 14 heavy (non-hydrogen) atoms. The molecule has 0 spiro atoms. The summed E-state index contributed by atoms with van der Waals surface area (Å²) in [6.07, 6.45) is 0. The Bertz CT molecular complexity index is 386. The van der Waals surface area contributed by atoms with Gasteiger partial charge in [0.05, 0.1) is 6.61 Å². The van der Waals surface area contributed by atoms with Gasteiger partial charge < -0.3 is 4.74 Å². The van der Waals surface area contributed by atoms with Gasteiger partial charge in [-0.05, 0) is 17.7 Å². The first-order chi connectivity index (χ1) is 6.51. The van der Waals surface area contributed by atoms with Crippen LogP contribution in [0.2, 0.25) is 0 Å². The lowest BCUT2D eigenvalue weighted by molar-refractivity contribution is 0.185. The zero-order chi connectivity index (χ0) is 10.6. The molecule has 0 bridgehead atoms. The first-order valence-corrected chi connectivity index (χ1v) is 5.44. The minimum Gasteiger partial charge on any atom is -0.380 e.